The third-order valence-corrected chi connectivity index (χ3v) is 7.08. The maximum Gasteiger partial charge on any atom is 0.434 e. The summed E-state index contributed by atoms with van der Waals surface area (Å²) in [5.74, 6) is 0.385. The molecule has 15 heteroatoms. The van der Waals surface area contributed by atoms with Crippen molar-refractivity contribution in [1.82, 2.24) is 9.80 Å². The Kier molecular flexibility index (Phi) is 9.96. The molecule has 2 aliphatic heterocycles. The number of carbonyl (C=O) groups excluding carboxylic acids is 1. The molecule has 0 N–H and O–H groups in total. The molecular weight excluding hydrogens is 639 g/mol. The van der Waals surface area contributed by atoms with E-state index in [9.17, 15) is 31.1 Å². The first-order chi connectivity index (χ1) is 16.4. The number of carbonyl (C=O) groups is 1. The van der Waals surface area contributed by atoms with Crippen molar-refractivity contribution in [3.63, 3.8) is 0 Å². The summed E-state index contributed by atoms with van der Waals surface area (Å²) in [6.45, 7) is 3.21. The van der Waals surface area contributed by atoms with Crippen LogP contribution in [0.3, 0.4) is 0 Å². The predicted molar refractivity (Wildman–Crippen MR) is 129 cm³/mol. The zero-order valence-corrected chi connectivity index (χ0v) is 22.0. The Balaban J connectivity index is 1.58. The van der Waals surface area contributed by atoms with Crippen molar-refractivity contribution >= 4 is 53.8 Å². The van der Waals surface area contributed by atoms with Gasteiger partial charge in [0, 0.05) is 83.6 Å². The van der Waals surface area contributed by atoms with Crippen molar-refractivity contribution in [3.05, 3.63) is 28.8 Å². The quantitative estimate of drug-likeness (QED) is 0.205. The number of hydrogen-bond donors (Lipinski definition) is 0. The number of anilines is 1. The standard InChI is InChI=1S/C20H23ClF6IN3O3S/c21-15-2-1-14(16(9-15)31-4-3-13(10-31)12-33-35-28)11-29-5-7-30(8-6-29)18(32)34-17(19(22,23)24)20(25,26)27/h1-2,9,13,17H,3-8,10-12H2/t13-/m0/s1. The molecule has 35 heavy (non-hydrogen) atoms. The fourth-order valence-electron chi connectivity index (χ4n) is 4.10. The lowest BCUT2D eigenvalue weighted by Crippen LogP contribution is -2.52. The zero-order valence-electron chi connectivity index (χ0n) is 18.2. The van der Waals surface area contributed by atoms with Crippen LogP contribution in [0.25, 0.3) is 0 Å². The van der Waals surface area contributed by atoms with Crippen molar-refractivity contribution in [2.75, 3.05) is 50.8 Å². The van der Waals surface area contributed by atoms with E-state index in [1.54, 1.807) is 6.07 Å². The number of halogens is 8. The molecule has 0 aliphatic carbocycles. The van der Waals surface area contributed by atoms with Crippen molar-refractivity contribution < 1.29 is 40.1 Å². The Morgan fingerprint density at radius 1 is 1.11 bits per heavy atom. The average Bonchev–Trinajstić information content (AvgIpc) is 3.25. The third-order valence-electron chi connectivity index (χ3n) is 5.86. The maximum atomic E-state index is 12.7. The molecule has 0 aromatic heterocycles. The monoisotopic (exact) mass is 661 g/mol. The predicted octanol–water partition coefficient (Wildman–Crippen LogP) is 5.93. The summed E-state index contributed by atoms with van der Waals surface area (Å²) in [4.78, 5) is 17.1. The molecule has 1 aromatic carbocycles. The van der Waals surface area contributed by atoms with Crippen LogP contribution in [0.2, 0.25) is 5.02 Å². The second-order valence-electron chi connectivity index (χ2n) is 8.33. The molecule has 2 aliphatic rings. The van der Waals surface area contributed by atoms with Crippen LogP contribution in [-0.2, 0) is 15.5 Å². The average molecular weight is 662 g/mol. The Morgan fingerprint density at radius 3 is 2.37 bits per heavy atom. The van der Waals surface area contributed by atoms with E-state index < -0.39 is 24.5 Å². The van der Waals surface area contributed by atoms with E-state index in [0.717, 1.165) is 35.7 Å². The molecule has 0 bridgehead atoms. The summed E-state index contributed by atoms with van der Waals surface area (Å²) in [6.07, 6.45) is -16.3. The van der Waals surface area contributed by atoms with Gasteiger partial charge in [-0.05, 0) is 24.1 Å². The number of ether oxygens (including phenoxy) is 1. The van der Waals surface area contributed by atoms with Crippen LogP contribution in [0.5, 0.6) is 0 Å². The number of amides is 1. The van der Waals surface area contributed by atoms with Crippen LogP contribution in [0, 0.1) is 5.92 Å². The van der Waals surface area contributed by atoms with Gasteiger partial charge in [0.2, 0.25) is 0 Å². The SMILES string of the molecule is O=C(OC(C(F)(F)F)C(F)(F)F)N1CCN(Cc2ccc(Cl)cc2N2CC[C@H](COSI)C2)CC1. The lowest BCUT2D eigenvalue weighted by atomic mass is 10.1. The van der Waals surface area contributed by atoms with Crippen LogP contribution in [0.15, 0.2) is 18.2 Å². The van der Waals surface area contributed by atoms with E-state index >= 15 is 0 Å². The van der Waals surface area contributed by atoms with Gasteiger partial charge < -0.3 is 18.7 Å². The normalized spacial score (nSPS) is 20.1. The van der Waals surface area contributed by atoms with Gasteiger partial charge in [-0.3, -0.25) is 4.90 Å². The smallest absolute Gasteiger partial charge is 0.426 e. The molecule has 3 rings (SSSR count). The van der Waals surface area contributed by atoms with Gasteiger partial charge in [0.15, 0.2) is 0 Å². The highest BCUT2D eigenvalue weighted by Gasteiger charge is 2.60. The fraction of sp³-hybridized carbons (Fsp3) is 0.650. The molecule has 0 radical (unpaired) electrons. The minimum absolute atomic E-state index is 0.0543. The van der Waals surface area contributed by atoms with Gasteiger partial charge in [0.25, 0.3) is 6.10 Å². The summed E-state index contributed by atoms with van der Waals surface area (Å²) in [5.41, 5.74) is 1.96. The number of benzene rings is 1. The lowest BCUT2D eigenvalue weighted by molar-refractivity contribution is -0.308. The Bertz CT molecular complexity index is 859. The number of piperazine rings is 1. The van der Waals surface area contributed by atoms with Crippen molar-refractivity contribution in [2.24, 2.45) is 5.92 Å². The van der Waals surface area contributed by atoms with Gasteiger partial charge in [-0.1, -0.05) is 17.7 Å². The minimum atomic E-state index is -5.74. The Morgan fingerprint density at radius 2 is 1.77 bits per heavy atom. The summed E-state index contributed by atoms with van der Waals surface area (Å²) in [5, 5.41) is 0.586. The molecule has 2 saturated heterocycles. The van der Waals surface area contributed by atoms with Crippen LogP contribution in [-0.4, -0.2) is 80.2 Å². The molecule has 1 amide bonds. The Hall–Kier alpha value is -0.840. The van der Waals surface area contributed by atoms with Gasteiger partial charge >= 0.3 is 18.4 Å². The van der Waals surface area contributed by atoms with Gasteiger partial charge in [0.05, 0.1) is 15.8 Å². The molecule has 2 fully saturated rings. The number of nitrogens with zero attached hydrogens (tertiary/aromatic N) is 3. The number of hydrogen-bond acceptors (Lipinski definition) is 6. The Labute approximate surface area is 220 Å². The first kappa shape index (κ1) is 28.7. The maximum absolute atomic E-state index is 12.7. The van der Waals surface area contributed by atoms with Crippen molar-refractivity contribution in [1.29, 1.82) is 0 Å². The van der Waals surface area contributed by atoms with E-state index in [4.69, 9.17) is 15.8 Å². The van der Waals surface area contributed by atoms with Crippen LogP contribution >= 0.6 is 42.0 Å². The second kappa shape index (κ2) is 12.1. The van der Waals surface area contributed by atoms with Gasteiger partial charge in [-0.15, -0.1) is 0 Å². The van der Waals surface area contributed by atoms with E-state index in [0.29, 0.717) is 24.1 Å². The molecule has 1 atom stereocenters. The van der Waals surface area contributed by atoms with Crippen LogP contribution in [0.4, 0.5) is 36.8 Å². The van der Waals surface area contributed by atoms with Crippen molar-refractivity contribution in [2.45, 2.75) is 31.4 Å². The van der Waals surface area contributed by atoms with Gasteiger partial charge in [0.1, 0.15) is 0 Å². The van der Waals surface area contributed by atoms with E-state index in [1.165, 1.54) is 9.21 Å². The highest BCUT2D eigenvalue weighted by atomic mass is 127. The summed E-state index contributed by atoms with van der Waals surface area (Å²) < 4.78 is 85.3. The highest BCUT2D eigenvalue weighted by Crippen LogP contribution is 2.36. The summed E-state index contributed by atoms with van der Waals surface area (Å²) >= 11 is 8.30. The van der Waals surface area contributed by atoms with Crippen LogP contribution < -0.4 is 4.90 Å². The summed E-state index contributed by atoms with van der Waals surface area (Å²) in [6, 6.07) is 5.56. The van der Waals surface area contributed by atoms with E-state index in [1.807, 2.05) is 17.0 Å². The highest BCUT2D eigenvalue weighted by molar-refractivity contribution is 14.2. The first-order valence-electron chi connectivity index (χ1n) is 10.6. The number of alkyl halides is 6. The second-order valence-corrected chi connectivity index (χ2v) is 10.2. The third kappa shape index (κ3) is 8.07. The molecule has 0 unspecified atom stereocenters. The first-order valence-corrected chi connectivity index (χ1v) is 14.3. The fourth-order valence-corrected chi connectivity index (χ4v) is 4.95. The molecule has 6 nitrogen and oxygen atoms in total. The molecule has 198 valence electrons. The van der Waals surface area contributed by atoms with E-state index in [-0.39, 0.29) is 26.2 Å². The number of rotatable bonds is 7. The minimum Gasteiger partial charge on any atom is -0.426 e. The topological polar surface area (TPSA) is 45.2 Å². The molecule has 0 saturated carbocycles. The molecule has 2 heterocycles. The van der Waals surface area contributed by atoms with Crippen LogP contribution in [0.1, 0.15) is 12.0 Å². The van der Waals surface area contributed by atoms with Gasteiger partial charge in [-0.2, -0.15) is 26.3 Å². The molecule has 0 spiro atoms. The molecular formula is C20H23ClF6IN3O3S. The summed E-state index contributed by atoms with van der Waals surface area (Å²) in [7, 11) is 1.30. The largest absolute Gasteiger partial charge is 0.434 e. The van der Waals surface area contributed by atoms with Crippen molar-refractivity contribution in [3.8, 4) is 0 Å². The lowest BCUT2D eigenvalue weighted by Gasteiger charge is -2.36. The zero-order chi connectivity index (χ0) is 25.8. The van der Waals surface area contributed by atoms with Gasteiger partial charge in [-0.25, -0.2) is 4.79 Å². The molecule has 1 aromatic rings. The van der Waals surface area contributed by atoms with E-state index in [2.05, 4.69) is 30.8 Å².